The number of benzene rings is 2. The van der Waals surface area contributed by atoms with Crippen molar-refractivity contribution in [2.24, 2.45) is 0 Å². The number of rotatable bonds is 4. The number of hydrogen-bond acceptors (Lipinski definition) is 4. The van der Waals surface area contributed by atoms with Crippen molar-refractivity contribution in [1.29, 1.82) is 0 Å². The maximum Gasteiger partial charge on any atom is 0.257 e. The first kappa shape index (κ1) is 23.6. The molecular weight excluding hydrogens is 434 g/mol. The average Bonchev–Trinajstić information content (AvgIpc) is 3.33. The molecule has 0 spiro atoms. The predicted octanol–water partition coefficient (Wildman–Crippen LogP) is 4.54. The molecule has 2 aliphatic rings. The maximum atomic E-state index is 13.8. The summed E-state index contributed by atoms with van der Waals surface area (Å²) >= 11 is 0. The van der Waals surface area contributed by atoms with Gasteiger partial charge in [-0.15, -0.1) is 0 Å². The van der Waals surface area contributed by atoms with Crippen molar-refractivity contribution < 1.29 is 4.79 Å². The van der Waals surface area contributed by atoms with Gasteiger partial charge in [0.1, 0.15) is 0 Å². The Labute approximate surface area is 208 Å². The number of piperazine rings is 1. The van der Waals surface area contributed by atoms with Crippen LogP contribution >= 0.6 is 0 Å². The third kappa shape index (κ3) is 4.59. The number of piperidine rings is 1. The largest absolute Gasteiger partial charge is 0.368 e. The van der Waals surface area contributed by atoms with E-state index in [2.05, 4.69) is 74.3 Å². The standard InChI is InChI=1S/C29H37N5O/c1-20-8-9-25(18-22(20)3)34-28(24-10-12-30-13-11-24)26(19-31-34)29(35)33-16-14-32(15-17-33)27-7-5-6-21(2)23(27)4/h5-9,18-19,24,30H,10-17H2,1-4H3. The lowest BCUT2D eigenvalue weighted by molar-refractivity contribution is 0.0744. The van der Waals surface area contributed by atoms with Crippen LogP contribution in [0, 0.1) is 27.7 Å². The van der Waals surface area contributed by atoms with Crippen molar-refractivity contribution in [2.75, 3.05) is 44.2 Å². The van der Waals surface area contributed by atoms with E-state index in [9.17, 15) is 4.79 Å². The van der Waals surface area contributed by atoms with E-state index >= 15 is 0 Å². The molecule has 0 bridgehead atoms. The second-order valence-electron chi connectivity index (χ2n) is 10.1. The highest BCUT2D eigenvalue weighted by molar-refractivity contribution is 5.95. The molecule has 2 saturated heterocycles. The van der Waals surface area contributed by atoms with Gasteiger partial charge in [-0.25, -0.2) is 4.68 Å². The molecule has 3 aromatic rings. The van der Waals surface area contributed by atoms with Crippen molar-refractivity contribution in [3.05, 3.63) is 76.1 Å². The van der Waals surface area contributed by atoms with E-state index < -0.39 is 0 Å². The fourth-order valence-corrected chi connectivity index (χ4v) is 5.47. The molecule has 6 nitrogen and oxygen atoms in total. The van der Waals surface area contributed by atoms with E-state index in [1.807, 2.05) is 15.8 Å². The highest BCUT2D eigenvalue weighted by Crippen LogP contribution is 2.32. The number of carbonyl (C=O) groups excluding carboxylic acids is 1. The predicted molar refractivity (Wildman–Crippen MR) is 142 cm³/mol. The molecule has 0 radical (unpaired) electrons. The minimum Gasteiger partial charge on any atom is -0.368 e. The van der Waals surface area contributed by atoms with Gasteiger partial charge in [-0.2, -0.15) is 5.10 Å². The van der Waals surface area contributed by atoms with Gasteiger partial charge in [-0.1, -0.05) is 18.2 Å². The topological polar surface area (TPSA) is 53.4 Å². The quantitative estimate of drug-likeness (QED) is 0.607. The number of aromatic nitrogens is 2. The molecular formula is C29H37N5O. The Hall–Kier alpha value is -3.12. The number of nitrogens with zero attached hydrogens (tertiary/aromatic N) is 4. The molecule has 0 atom stereocenters. The summed E-state index contributed by atoms with van der Waals surface area (Å²) in [5, 5.41) is 8.23. The zero-order valence-corrected chi connectivity index (χ0v) is 21.5. The van der Waals surface area contributed by atoms with Crippen LogP contribution in [0.5, 0.6) is 0 Å². The zero-order valence-electron chi connectivity index (χ0n) is 21.5. The van der Waals surface area contributed by atoms with Gasteiger partial charge < -0.3 is 15.1 Å². The number of nitrogens with one attached hydrogen (secondary N) is 1. The number of amides is 1. The Balaban J connectivity index is 1.41. The second kappa shape index (κ2) is 9.86. The van der Waals surface area contributed by atoms with E-state index in [0.29, 0.717) is 5.92 Å². The summed E-state index contributed by atoms with van der Waals surface area (Å²) in [6.07, 6.45) is 3.86. The molecule has 0 unspecified atom stereocenters. The lowest BCUT2D eigenvalue weighted by Gasteiger charge is -2.37. The molecule has 1 N–H and O–H groups in total. The van der Waals surface area contributed by atoms with Crippen LogP contribution in [0.2, 0.25) is 0 Å². The highest BCUT2D eigenvalue weighted by atomic mass is 16.2. The van der Waals surface area contributed by atoms with Gasteiger partial charge in [0.25, 0.3) is 5.91 Å². The van der Waals surface area contributed by atoms with Crippen LogP contribution < -0.4 is 10.2 Å². The Kier molecular flexibility index (Phi) is 6.65. The summed E-state index contributed by atoms with van der Waals surface area (Å²) in [5.41, 5.74) is 9.33. The van der Waals surface area contributed by atoms with Crippen LogP contribution in [0.15, 0.2) is 42.6 Å². The first-order valence-corrected chi connectivity index (χ1v) is 12.9. The monoisotopic (exact) mass is 471 g/mol. The van der Waals surface area contributed by atoms with Crippen LogP contribution in [0.25, 0.3) is 5.69 Å². The Morgan fingerprint density at radius 1 is 0.914 bits per heavy atom. The Morgan fingerprint density at radius 3 is 2.37 bits per heavy atom. The Morgan fingerprint density at radius 2 is 1.66 bits per heavy atom. The van der Waals surface area contributed by atoms with Gasteiger partial charge in [0, 0.05) is 37.8 Å². The zero-order chi connectivity index (χ0) is 24.5. The summed E-state index contributed by atoms with van der Waals surface area (Å²) in [6.45, 7) is 13.7. The van der Waals surface area contributed by atoms with Gasteiger partial charge in [-0.05, 0) is 94.1 Å². The number of hydrogen-bond donors (Lipinski definition) is 1. The van der Waals surface area contributed by atoms with E-state index in [0.717, 1.165) is 69.1 Å². The number of aryl methyl sites for hydroxylation is 3. The Bertz CT molecular complexity index is 1220. The molecule has 2 aliphatic heterocycles. The third-order valence-electron chi connectivity index (χ3n) is 7.98. The smallest absolute Gasteiger partial charge is 0.257 e. The molecule has 2 aromatic carbocycles. The van der Waals surface area contributed by atoms with E-state index in [-0.39, 0.29) is 5.91 Å². The van der Waals surface area contributed by atoms with E-state index in [1.165, 1.54) is 27.9 Å². The molecule has 35 heavy (non-hydrogen) atoms. The molecule has 1 amide bonds. The normalized spacial score (nSPS) is 17.1. The average molecular weight is 472 g/mol. The van der Waals surface area contributed by atoms with Crippen LogP contribution in [0.4, 0.5) is 5.69 Å². The molecule has 0 aliphatic carbocycles. The number of anilines is 1. The lowest BCUT2D eigenvalue weighted by Crippen LogP contribution is -2.49. The maximum absolute atomic E-state index is 13.8. The first-order chi connectivity index (χ1) is 16.9. The fourth-order valence-electron chi connectivity index (χ4n) is 5.47. The van der Waals surface area contributed by atoms with Crippen LogP contribution in [0.3, 0.4) is 0 Å². The minimum absolute atomic E-state index is 0.120. The van der Waals surface area contributed by atoms with Gasteiger partial charge in [0.15, 0.2) is 0 Å². The van der Waals surface area contributed by atoms with Gasteiger partial charge >= 0.3 is 0 Å². The molecule has 184 valence electrons. The molecule has 6 heteroatoms. The summed E-state index contributed by atoms with van der Waals surface area (Å²) in [7, 11) is 0. The van der Waals surface area contributed by atoms with Crippen LogP contribution in [-0.2, 0) is 0 Å². The second-order valence-corrected chi connectivity index (χ2v) is 10.1. The molecule has 5 rings (SSSR count). The van der Waals surface area contributed by atoms with Crippen LogP contribution in [-0.4, -0.2) is 59.9 Å². The molecule has 1 aromatic heterocycles. The molecule has 2 fully saturated rings. The first-order valence-electron chi connectivity index (χ1n) is 12.9. The summed E-state index contributed by atoms with van der Waals surface area (Å²) in [5.74, 6) is 0.449. The van der Waals surface area contributed by atoms with Gasteiger partial charge in [0.05, 0.1) is 23.1 Å². The fraction of sp³-hybridized carbons (Fsp3) is 0.448. The van der Waals surface area contributed by atoms with Crippen molar-refractivity contribution >= 4 is 11.6 Å². The molecule has 0 saturated carbocycles. The number of carbonyl (C=O) groups is 1. The van der Waals surface area contributed by atoms with Gasteiger partial charge in [0.2, 0.25) is 0 Å². The van der Waals surface area contributed by atoms with E-state index in [4.69, 9.17) is 5.10 Å². The third-order valence-corrected chi connectivity index (χ3v) is 7.98. The van der Waals surface area contributed by atoms with Crippen molar-refractivity contribution in [1.82, 2.24) is 20.0 Å². The lowest BCUT2D eigenvalue weighted by atomic mass is 9.91. The summed E-state index contributed by atoms with van der Waals surface area (Å²) in [6, 6.07) is 12.9. The minimum atomic E-state index is 0.120. The van der Waals surface area contributed by atoms with Crippen molar-refractivity contribution in [3.8, 4) is 5.69 Å². The van der Waals surface area contributed by atoms with E-state index in [1.54, 1.807) is 0 Å². The molecule has 3 heterocycles. The van der Waals surface area contributed by atoms with Gasteiger partial charge in [-0.3, -0.25) is 4.79 Å². The van der Waals surface area contributed by atoms with Crippen molar-refractivity contribution in [3.63, 3.8) is 0 Å². The SMILES string of the molecule is Cc1ccc(-n2ncc(C(=O)N3CCN(c4cccc(C)c4C)CC3)c2C2CCNCC2)cc1C. The van der Waals surface area contributed by atoms with Crippen LogP contribution in [0.1, 0.15) is 57.1 Å². The summed E-state index contributed by atoms with van der Waals surface area (Å²) < 4.78 is 2.03. The summed E-state index contributed by atoms with van der Waals surface area (Å²) in [4.78, 5) is 18.3. The van der Waals surface area contributed by atoms with Crippen molar-refractivity contribution in [2.45, 2.75) is 46.5 Å². The highest BCUT2D eigenvalue weighted by Gasteiger charge is 2.31.